The first-order chi connectivity index (χ1) is 11.8. The minimum Gasteiger partial charge on any atom is -0.443 e. The van der Waals surface area contributed by atoms with Crippen molar-refractivity contribution in [3.8, 4) is 0 Å². The first-order valence-electron chi connectivity index (χ1n) is 8.83. The summed E-state index contributed by atoms with van der Waals surface area (Å²) < 4.78 is 5.81. The molecule has 0 fully saturated rings. The van der Waals surface area contributed by atoms with Gasteiger partial charge < -0.3 is 15.1 Å². The van der Waals surface area contributed by atoms with Gasteiger partial charge in [0.15, 0.2) is 5.96 Å². The van der Waals surface area contributed by atoms with E-state index in [2.05, 4.69) is 74.3 Å². The van der Waals surface area contributed by atoms with Gasteiger partial charge >= 0.3 is 0 Å². The Morgan fingerprint density at radius 2 is 2.12 bits per heavy atom. The van der Waals surface area contributed by atoms with E-state index in [1.165, 1.54) is 9.75 Å². The van der Waals surface area contributed by atoms with Gasteiger partial charge in [0.2, 0.25) is 5.89 Å². The molecule has 6 heteroatoms. The number of hydrogen-bond acceptors (Lipinski definition) is 4. The Labute approximate surface area is 155 Å². The van der Waals surface area contributed by atoms with Crippen LogP contribution in [0.2, 0.25) is 0 Å². The summed E-state index contributed by atoms with van der Waals surface area (Å²) in [6.07, 6.45) is 2.78. The van der Waals surface area contributed by atoms with Crippen LogP contribution in [0.25, 0.3) is 0 Å². The number of rotatable bonds is 6. The lowest BCUT2D eigenvalue weighted by atomic mass is 9.94. The van der Waals surface area contributed by atoms with Crippen molar-refractivity contribution < 1.29 is 4.42 Å². The topological polar surface area (TPSA) is 62.5 Å². The molecule has 0 saturated carbocycles. The fourth-order valence-corrected chi connectivity index (χ4v) is 3.40. The second-order valence-corrected chi connectivity index (χ2v) is 8.70. The van der Waals surface area contributed by atoms with E-state index in [4.69, 9.17) is 4.42 Å². The van der Waals surface area contributed by atoms with E-state index in [9.17, 15) is 0 Å². The van der Waals surface area contributed by atoms with Gasteiger partial charge in [-0.25, -0.2) is 9.98 Å². The Morgan fingerprint density at radius 1 is 1.36 bits per heavy atom. The van der Waals surface area contributed by atoms with Gasteiger partial charge in [-0.3, -0.25) is 0 Å². The largest absolute Gasteiger partial charge is 0.443 e. The molecule has 0 spiro atoms. The molecule has 2 aromatic heterocycles. The van der Waals surface area contributed by atoms with Crippen LogP contribution in [0, 0.1) is 6.92 Å². The predicted molar refractivity (Wildman–Crippen MR) is 105 cm³/mol. The maximum atomic E-state index is 5.81. The molecule has 2 rings (SSSR count). The summed E-state index contributed by atoms with van der Waals surface area (Å²) in [5.41, 5.74) is -0.0366. The van der Waals surface area contributed by atoms with Crippen molar-refractivity contribution in [2.75, 3.05) is 6.54 Å². The highest BCUT2D eigenvalue weighted by Gasteiger charge is 2.19. The maximum absolute atomic E-state index is 5.81. The van der Waals surface area contributed by atoms with E-state index in [0.717, 1.165) is 24.7 Å². The summed E-state index contributed by atoms with van der Waals surface area (Å²) in [6, 6.07) is 4.66. The zero-order valence-electron chi connectivity index (χ0n) is 16.1. The molecule has 2 aromatic rings. The van der Waals surface area contributed by atoms with Gasteiger partial charge in [0.25, 0.3) is 0 Å². The molecule has 1 atom stereocenters. The van der Waals surface area contributed by atoms with Crippen LogP contribution in [0.1, 0.15) is 56.0 Å². The number of nitrogens with zero attached hydrogens (tertiary/aromatic N) is 2. The highest BCUT2D eigenvalue weighted by molar-refractivity contribution is 7.11. The molecule has 2 heterocycles. The molecule has 0 radical (unpaired) electrons. The molecule has 0 aromatic carbocycles. The minimum absolute atomic E-state index is 0.0366. The smallest absolute Gasteiger partial charge is 0.216 e. The van der Waals surface area contributed by atoms with Crippen LogP contribution >= 0.6 is 11.3 Å². The number of aromatic nitrogens is 1. The molecule has 5 nitrogen and oxygen atoms in total. The van der Waals surface area contributed by atoms with Crippen molar-refractivity contribution in [2.45, 2.75) is 66.0 Å². The summed E-state index contributed by atoms with van der Waals surface area (Å²) in [5.74, 6) is 2.32. The lowest BCUT2D eigenvalue weighted by Crippen LogP contribution is -2.43. The molecule has 0 aliphatic rings. The van der Waals surface area contributed by atoms with Crippen LogP contribution in [-0.2, 0) is 18.4 Å². The fourth-order valence-electron chi connectivity index (χ4n) is 2.38. The number of aryl methyl sites for hydroxylation is 1. The van der Waals surface area contributed by atoms with Crippen LogP contribution in [0.5, 0.6) is 0 Å². The van der Waals surface area contributed by atoms with Gasteiger partial charge in [-0.05, 0) is 32.9 Å². The van der Waals surface area contributed by atoms with E-state index in [1.54, 1.807) is 6.20 Å². The zero-order valence-corrected chi connectivity index (χ0v) is 17.0. The molecule has 0 saturated heterocycles. The fraction of sp³-hybridized carbons (Fsp3) is 0.579. The molecule has 25 heavy (non-hydrogen) atoms. The van der Waals surface area contributed by atoms with Crippen LogP contribution in [0.3, 0.4) is 0 Å². The van der Waals surface area contributed by atoms with Crippen LogP contribution < -0.4 is 10.6 Å². The van der Waals surface area contributed by atoms with Crippen molar-refractivity contribution >= 4 is 17.3 Å². The molecule has 2 N–H and O–H groups in total. The normalized spacial score (nSPS) is 13.8. The Kier molecular flexibility index (Phi) is 6.64. The SMILES string of the molecule is CCNC(=NCc1ncc(C(C)(C)C)o1)NC(C)Cc1ccc(C)s1. The Morgan fingerprint density at radius 3 is 2.68 bits per heavy atom. The third kappa shape index (κ3) is 6.20. The predicted octanol–water partition coefficient (Wildman–Crippen LogP) is 4.03. The number of thiophene rings is 1. The Hall–Kier alpha value is -1.82. The Bertz CT molecular complexity index is 696. The summed E-state index contributed by atoms with van der Waals surface area (Å²) in [5, 5.41) is 6.74. The molecule has 0 aliphatic heterocycles. The Balaban J connectivity index is 1.96. The quantitative estimate of drug-likeness (QED) is 0.602. The number of oxazole rings is 1. The molecular weight excluding hydrogens is 332 g/mol. The number of guanidine groups is 1. The van der Waals surface area contributed by atoms with E-state index >= 15 is 0 Å². The van der Waals surface area contributed by atoms with E-state index in [-0.39, 0.29) is 5.41 Å². The highest BCUT2D eigenvalue weighted by Crippen LogP contribution is 2.22. The zero-order chi connectivity index (χ0) is 18.4. The average Bonchev–Trinajstić information content (AvgIpc) is 3.13. The molecule has 0 bridgehead atoms. The molecule has 138 valence electrons. The van der Waals surface area contributed by atoms with Gasteiger partial charge in [-0.15, -0.1) is 11.3 Å². The van der Waals surface area contributed by atoms with Gasteiger partial charge in [-0.2, -0.15) is 0 Å². The number of hydrogen-bond donors (Lipinski definition) is 2. The maximum Gasteiger partial charge on any atom is 0.216 e. The summed E-state index contributed by atoms with van der Waals surface area (Å²) in [4.78, 5) is 11.7. The lowest BCUT2D eigenvalue weighted by Gasteiger charge is -2.17. The molecule has 1 unspecified atom stereocenters. The van der Waals surface area contributed by atoms with Crippen molar-refractivity contribution in [1.82, 2.24) is 15.6 Å². The standard InChI is InChI=1S/C19H30N4OS/c1-7-20-18(23-13(2)10-15-9-8-14(3)25-15)22-12-17-21-11-16(24-17)19(4,5)6/h8-9,11,13H,7,10,12H2,1-6H3,(H2,20,22,23). The van der Waals surface area contributed by atoms with Gasteiger partial charge in [0, 0.05) is 34.2 Å². The van der Waals surface area contributed by atoms with Gasteiger partial charge in [-0.1, -0.05) is 20.8 Å². The highest BCUT2D eigenvalue weighted by atomic mass is 32.1. The monoisotopic (exact) mass is 362 g/mol. The van der Waals surface area contributed by atoms with Gasteiger partial charge in [0.05, 0.1) is 6.20 Å². The first kappa shape index (κ1) is 19.5. The second-order valence-electron chi connectivity index (χ2n) is 7.33. The van der Waals surface area contributed by atoms with Crippen LogP contribution in [0.4, 0.5) is 0 Å². The van der Waals surface area contributed by atoms with E-state index in [1.807, 2.05) is 11.3 Å². The summed E-state index contributed by atoms with van der Waals surface area (Å²) in [6.45, 7) is 13.9. The summed E-state index contributed by atoms with van der Waals surface area (Å²) >= 11 is 1.85. The van der Waals surface area contributed by atoms with Crippen LogP contribution in [0.15, 0.2) is 27.7 Å². The van der Waals surface area contributed by atoms with Gasteiger partial charge in [0.1, 0.15) is 12.3 Å². The van der Waals surface area contributed by atoms with Crippen molar-refractivity contribution in [3.63, 3.8) is 0 Å². The minimum atomic E-state index is -0.0366. The third-order valence-corrected chi connectivity index (χ3v) is 4.72. The molecule has 0 aliphatic carbocycles. The van der Waals surface area contributed by atoms with Crippen molar-refractivity contribution in [3.05, 3.63) is 39.7 Å². The van der Waals surface area contributed by atoms with Crippen LogP contribution in [-0.4, -0.2) is 23.5 Å². The number of nitrogens with one attached hydrogen (secondary N) is 2. The second kappa shape index (κ2) is 8.52. The molecular formula is C19H30N4OS. The van der Waals surface area contributed by atoms with E-state index in [0.29, 0.717) is 18.5 Å². The van der Waals surface area contributed by atoms with Crippen molar-refractivity contribution in [2.24, 2.45) is 4.99 Å². The molecule has 0 amide bonds. The first-order valence-corrected chi connectivity index (χ1v) is 9.65. The summed E-state index contributed by atoms with van der Waals surface area (Å²) in [7, 11) is 0. The average molecular weight is 363 g/mol. The van der Waals surface area contributed by atoms with E-state index < -0.39 is 0 Å². The lowest BCUT2D eigenvalue weighted by molar-refractivity contribution is 0.383. The third-order valence-electron chi connectivity index (χ3n) is 3.70. The van der Waals surface area contributed by atoms with Crippen molar-refractivity contribution in [1.29, 1.82) is 0 Å². The number of aliphatic imine (C=N–C) groups is 1.